The van der Waals surface area contributed by atoms with E-state index in [1.807, 2.05) is 123 Å². The molecule has 0 unspecified atom stereocenters. The van der Waals surface area contributed by atoms with E-state index in [4.69, 9.17) is 9.47 Å². The first-order valence-corrected chi connectivity index (χ1v) is 14.7. The summed E-state index contributed by atoms with van der Waals surface area (Å²) in [4.78, 5) is 25.7. The molecule has 0 aliphatic carbocycles. The molecule has 4 atom stereocenters. The number of rotatable bonds is 13. The lowest BCUT2D eigenvalue weighted by atomic mass is 9.91. The zero-order valence-electron chi connectivity index (χ0n) is 25.1. The molecule has 44 heavy (non-hydrogen) atoms. The van der Waals surface area contributed by atoms with Crippen molar-refractivity contribution in [1.82, 2.24) is 10.6 Å². The Morgan fingerprint density at radius 3 is 1.23 bits per heavy atom. The van der Waals surface area contributed by atoms with Crippen LogP contribution < -0.4 is 10.6 Å². The third-order valence-electron chi connectivity index (χ3n) is 7.36. The molecule has 230 valence electrons. The normalized spacial score (nSPS) is 13.6. The largest absolute Gasteiger partial charge is 0.445 e. The first-order valence-electron chi connectivity index (χ1n) is 14.7. The molecule has 0 spiro atoms. The van der Waals surface area contributed by atoms with Crippen LogP contribution in [-0.4, -0.2) is 46.7 Å². The number of aryl methyl sites for hydroxylation is 2. The number of nitrogens with one attached hydrogen (secondary N) is 2. The van der Waals surface area contributed by atoms with Crippen LogP contribution in [0.4, 0.5) is 9.59 Å². The van der Waals surface area contributed by atoms with E-state index in [9.17, 15) is 19.8 Å². The maximum atomic E-state index is 12.9. The van der Waals surface area contributed by atoms with Crippen LogP contribution in [0.2, 0.25) is 0 Å². The van der Waals surface area contributed by atoms with Gasteiger partial charge in [0.15, 0.2) is 0 Å². The van der Waals surface area contributed by atoms with E-state index in [0.29, 0.717) is 0 Å². The average molecular weight is 597 g/mol. The molecule has 0 aliphatic heterocycles. The second-order valence-corrected chi connectivity index (χ2v) is 11.0. The molecule has 4 rings (SSSR count). The van der Waals surface area contributed by atoms with Crippen molar-refractivity contribution in [2.24, 2.45) is 0 Å². The van der Waals surface area contributed by atoms with Gasteiger partial charge in [0.25, 0.3) is 0 Å². The minimum atomic E-state index is -1.47. The summed E-state index contributed by atoms with van der Waals surface area (Å²) in [6.07, 6.45) is -3.97. The topological polar surface area (TPSA) is 117 Å². The summed E-state index contributed by atoms with van der Waals surface area (Å²) in [6.45, 7) is 4.04. The highest BCUT2D eigenvalue weighted by Gasteiger charge is 2.35. The number of carbonyl (C=O) groups excluding carboxylic acids is 2. The molecule has 4 N–H and O–H groups in total. The number of hydrogen-bond donors (Lipinski definition) is 4. The van der Waals surface area contributed by atoms with Crippen LogP contribution in [0, 0.1) is 13.8 Å². The van der Waals surface area contributed by atoms with Crippen LogP contribution in [-0.2, 0) is 35.5 Å². The SMILES string of the molecule is Cc1ccc(C[C@@H](NC(=O)OCc2ccccc2)[C@H](O)[C@@H](O)[C@@H](Cc2ccc(C)cc2)NC(=O)OCc2ccccc2)cc1. The highest BCUT2D eigenvalue weighted by molar-refractivity contribution is 5.68. The number of aliphatic hydroxyl groups excluding tert-OH is 2. The second kappa shape index (κ2) is 16.3. The van der Waals surface area contributed by atoms with Crippen molar-refractivity contribution in [1.29, 1.82) is 0 Å². The fraction of sp³-hybridized carbons (Fsp3) is 0.278. The van der Waals surface area contributed by atoms with Crippen LogP contribution in [0.1, 0.15) is 33.4 Å². The monoisotopic (exact) mass is 596 g/mol. The number of hydrogen-bond acceptors (Lipinski definition) is 6. The first kappa shape index (κ1) is 32.3. The van der Waals surface area contributed by atoms with Crippen LogP contribution in [0.5, 0.6) is 0 Å². The number of carbonyl (C=O) groups is 2. The predicted molar refractivity (Wildman–Crippen MR) is 169 cm³/mol. The number of alkyl carbamates (subject to hydrolysis) is 2. The molecular formula is C36H40N2O6. The highest BCUT2D eigenvalue weighted by atomic mass is 16.6. The molecule has 4 aromatic rings. The van der Waals surface area contributed by atoms with Gasteiger partial charge in [-0.05, 0) is 48.9 Å². The molecule has 0 aliphatic rings. The predicted octanol–water partition coefficient (Wildman–Crippen LogP) is 5.40. The van der Waals surface area contributed by atoms with E-state index in [-0.39, 0.29) is 26.1 Å². The third-order valence-corrected chi connectivity index (χ3v) is 7.36. The van der Waals surface area contributed by atoms with E-state index in [1.165, 1.54) is 0 Å². The number of ether oxygens (including phenoxy) is 2. The van der Waals surface area contributed by atoms with Gasteiger partial charge in [0, 0.05) is 0 Å². The fourth-order valence-corrected chi connectivity index (χ4v) is 4.78. The maximum absolute atomic E-state index is 12.9. The van der Waals surface area contributed by atoms with Gasteiger partial charge in [-0.15, -0.1) is 0 Å². The Morgan fingerprint density at radius 1 is 0.545 bits per heavy atom. The second-order valence-electron chi connectivity index (χ2n) is 11.0. The van der Waals surface area contributed by atoms with Crippen LogP contribution in [0.3, 0.4) is 0 Å². The summed E-state index contributed by atoms with van der Waals surface area (Å²) in [5, 5.41) is 28.5. The van der Waals surface area contributed by atoms with Gasteiger partial charge in [-0.25, -0.2) is 9.59 Å². The highest BCUT2D eigenvalue weighted by Crippen LogP contribution is 2.17. The fourth-order valence-electron chi connectivity index (χ4n) is 4.78. The molecule has 0 aromatic heterocycles. The summed E-state index contributed by atoms with van der Waals surface area (Å²) in [6, 6.07) is 32.0. The van der Waals surface area contributed by atoms with Gasteiger partial charge in [-0.1, -0.05) is 120 Å². The average Bonchev–Trinajstić information content (AvgIpc) is 3.04. The zero-order valence-corrected chi connectivity index (χ0v) is 25.1. The van der Waals surface area contributed by atoms with Crippen molar-refractivity contribution in [3.8, 4) is 0 Å². The molecule has 0 radical (unpaired) electrons. The van der Waals surface area contributed by atoms with Crippen LogP contribution >= 0.6 is 0 Å². The Hall–Kier alpha value is -4.66. The van der Waals surface area contributed by atoms with Gasteiger partial charge in [-0.2, -0.15) is 0 Å². The molecular weight excluding hydrogens is 556 g/mol. The van der Waals surface area contributed by atoms with E-state index in [2.05, 4.69) is 10.6 Å². The van der Waals surface area contributed by atoms with Gasteiger partial charge in [0.05, 0.1) is 12.1 Å². The van der Waals surface area contributed by atoms with Gasteiger partial charge < -0.3 is 30.3 Å². The third kappa shape index (κ3) is 10.3. The van der Waals surface area contributed by atoms with Crippen LogP contribution in [0.15, 0.2) is 109 Å². The zero-order chi connectivity index (χ0) is 31.3. The summed E-state index contributed by atoms with van der Waals surface area (Å²) >= 11 is 0. The van der Waals surface area contributed by atoms with E-state index >= 15 is 0 Å². The van der Waals surface area contributed by atoms with Gasteiger partial charge >= 0.3 is 12.2 Å². The molecule has 0 fully saturated rings. The summed E-state index contributed by atoms with van der Waals surface area (Å²) < 4.78 is 10.8. The first-order chi connectivity index (χ1) is 21.3. The lowest BCUT2D eigenvalue weighted by molar-refractivity contribution is -0.0240. The maximum Gasteiger partial charge on any atom is 0.407 e. The van der Waals surface area contributed by atoms with E-state index in [1.54, 1.807) is 0 Å². The molecule has 2 amide bonds. The quantitative estimate of drug-likeness (QED) is 0.164. The van der Waals surface area contributed by atoms with Crippen molar-refractivity contribution < 1.29 is 29.3 Å². The Labute approximate surface area is 258 Å². The molecule has 8 nitrogen and oxygen atoms in total. The standard InChI is InChI=1S/C36H40N2O6/c1-25-13-17-27(18-14-25)21-31(37-35(41)43-23-29-9-5-3-6-10-29)33(39)34(40)32(22-28-19-15-26(2)16-20-28)38-36(42)44-24-30-11-7-4-8-12-30/h3-20,31-34,39-40H,21-24H2,1-2H3,(H,37,41)(H,38,42)/t31-,32-,33+,34+/m1/s1. The summed E-state index contributed by atoms with van der Waals surface area (Å²) in [5.41, 5.74) is 5.46. The molecule has 4 aromatic carbocycles. The molecule has 0 saturated carbocycles. The lowest BCUT2D eigenvalue weighted by Gasteiger charge is -2.32. The Bertz CT molecular complexity index is 1330. The summed E-state index contributed by atoms with van der Waals surface area (Å²) in [5.74, 6) is 0. The molecule has 0 saturated heterocycles. The molecule has 0 heterocycles. The van der Waals surface area contributed by atoms with Crippen molar-refractivity contribution in [3.63, 3.8) is 0 Å². The van der Waals surface area contributed by atoms with Crippen molar-refractivity contribution >= 4 is 12.2 Å². The van der Waals surface area contributed by atoms with Crippen LogP contribution in [0.25, 0.3) is 0 Å². The van der Waals surface area contributed by atoms with Crippen molar-refractivity contribution in [2.45, 2.75) is 64.2 Å². The minimum Gasteiger partial charge on any atom is -0.445 e. The van der Waals surface area contributed by atoms with E-state index < -0.39 is 36.5 Å². The van der Waals surface area contributed by atoms with Gasteiger partial charge in [0.2, 0.25) is 0 Å². The Morgan fingerprint density at radius 2 is 0.886 bits per heavy atom. The Kier molecular flexibility index (Phi) is 11.9. The van der Waals surface area contributed by atoms with Gasteiger partial charge in [0.1, 0.15) is 25.4 Å². The molecule has 8 heteroatoms. The lowest BCUT2D eigenvalue weighted by Crippen LogP contribution is -2.57. The number of benzene rings is 4. The van der Waals surface area contributed by atoms with E-state index in [0.717, 1.165) is 33.4 Å². The smallest absolute Gasteiger partial charge is 0.407 e. The number of amides is 2. The van der Waals surface area contributed by atoms with Crippen molar-refractivity contribution in [3.05, 3.63) is 143 Å². The van der Waals surface area contributed by atoms with Gasteiger partial charge in [-0.3, -0.25) is 0 Å². The number of aliphatic hydroxyl groups is 2. The Balaban J connectivity index is 1.50. The van der Waals surface area contributed by atoms with Crippen molar-refractivity contribution in [2.75, 3.05) is 0 Å². The molecule has 0 bridgehead atoms. The minimum absolute atomic E-state index is 0.0490. The summed E-state index contributed by atoms with van der Waals surface area (Å²) in [7, 11) is 0.